The van der Waals surface area contributed by atoms with Crippen molar-refractivity contribution in [2.24, 2.45) is 0 Å². The van der Waals surface area contributed by atoms with Crippen molar-refractivity contribution in [3.05, 3.63) is 0 Å². The van der Waals surface area contributed by atoms with Gasteiger partial charge in [0.1, 0.15) is 0 Å². The highest BCUT2D eigenvalue weighted by molar-refractivity contribution is 5.13. The fourth-order valence-electron chi connectivity index (χ4n) is 0.112. The molecule has 0 aromatic carbocycles. The number of rotatable bonds is 1. The van der Waals surface area contributed by atoms with Gasteiger partial charge in [-0.25, -0.2) is 0 Å². The molecule has 1 aliphatic rings. The van der Waals surface area contributed by atoms with Crippen molar-refractivity contribution < 1.29 is 4.84 Å². The lowest BCUT2D eigenvalue weighted by Gasteiger charge is -1.85. The Bertz CT molecular complexity index is 80.8. The highest BCUT2D eigenvalue weighted by atomic mass is 16.7. The molecule has 2 heteroatoms. The summed E-state index contributed by atoms with van der Waals surface area (Å²) in [6.45, 7) is 0. The topological polar surface area (TPSA) is 12.2 Å². The predicted octanol–water partition coefficient (Wildman–Crippen LogP) is -0.218. The average molecular weight is 69.1 g/mol. The van der Waals surface area contributed by atoms with E-state index in [1.165, 1.54) is 5.06 Å². The van der Waals surface area contributed by atoms with Gasteiger partial charge < -0.3 is 0 Å². The summed E-state index contributed by atoms with van der Waals surface area (Å²) >= 11 is 0. The summed E-state index contributed by atoms with van der Waals surface area (Å²) < 4.78 is 0. The fourth-order valence-corrected chi connectivity index (χ4v) is 0.112. The van der Waals surface area contributed by atoms with Gasteiger partial charge >= 0.3 is 0 Å². The lowest BCUT2D eigenvalue weighted by atomic mass is 11.4. The molecule has 0 saturated carbocycles. The summed E-state index contributed by atoms with van der Waals surface area (Å²) in [6.07, 6.45) is 0. The minimum absolute atomic E-state index is 1.38. The van der Waals surface area contributed by atoms with Crippen LogP contribution in [0, 0.1) is 12.1 Å². The molecule has 0 aromatic heterocycles. The highest BCUT2D eigenvalue weighted by Crippen LogP contribution is 1.89. The van der Waals surface area contributed by atoms with E-state index < -0.39 is 0 Å². The van der Waals surface area contributed by atoms with E-state index >= 15 is 0 Å². The molecule has 0 fully saturated rings. The predicted molar refractivity (Wildman–Crippen MR) is 16.6 cm³/mol. The van der Waals surface area contributed by atoms with E-state index in [1.54, 1.807) is 7.11 Å². The van der Waals surface area contributed by atoms with Crippen LogP contribution < -0.4 is 0 Å². The van der Waals surface area contributed by atoms with Gasteiger partial charge in [0.05, 0.1) is 19.2 Å². The first-order valence-corrected chi connectivity index (χ1v) is 1.29. The van der Waals surface area contributed by atoms with Crippen molar-refractivity contribution in [1.82, 2.24) is 5.06 Å². The molecule has 0 unspecified atom stereocenters. The summed E-state index contributed by atoms with van der Waals surface area (Å²) in [6, 6.07) is 5.09. The van der Waals surface area contributed by atoms with E-state index in [0.717, 1.165) is 0 Å². The maximum absolute atomic E-state index is 4.47. The smallest absolute Gasteiger partial charge is 0.0763 e. The standard InChI is InChI=1S/C3H3NO/c1-5-4-2-3-4/h1H3. The van der Waals surface area contributed by atoms with Crippen LogP contribution in [0.4, 0.5) is 0 Å². The molecule has 0 saturated heterocycles. The Labute approximate surface area is 30.3 Å². The van der Waals surface area contributed by atoms with Gasteiger partial charge in [-0.3, -0.25) is 4.84 Å². The fraction of sp³-hybridized carbons (Fsp3) is 0.333. The second kappa shape index (κ2) is 0.631. The van der Waals surface area contributed by atoms with Crippen molar-refractivity contribution >= 4 is 0 Å². The third kappa shape index (κ3) is 0.310. The van der Waals surface area contributed by atoms with E-state index in [4.69, 9.17) is 0 Å². The van der Waals surface area contributed by atoms with Gasteiger partial charge in [-0.2, -0.15) is 0 Å². The van der Waals surface area contributed by atoms with E-state index in [1.807, 2.05) is 0 Å². The van der Waals surface area contributed by atoms with E-state index in [-0.39, 0.29) is 0 Å². The molecule has 26 valence electrons. The van der Waals surface area contributed by atoms with Crippen LogP contribution in [0.25, 0.3) is 0 Å². The van der Waals surface area contributed by atoms with Crippen LogP contribution in [0.2, 0.25) is 0 Å². The molecule has 2 nitrogen and oxygen atoms in total. The molecular weight excluding hydrogens is 66.0 g/mol. The molecule has 0 N–H and O–H groups in total. The molecule has 0 bridgehead atoms. The first-order valence-electron chi connectivity index (χ1n) is 1.29. The quantitative estimate of drug-likeness (QED) is 0.395. The highest BCUT2D eigenvalue weighted by Gasteiger charge is 1.97. The second-order valence-electron chi connectivity index (χ2n) is 0.701. The lowest BCUT2D eigenvalue weighted by molar-refractivity contribution is 0.00226. The minimum atomic E-state index is 1.38. The van der Waals surface area contributed by atoms with E-state index in [9.17, 15) is 0 Å². The van der Waals surface area contributed by atoms with Crippen LogP contribution >= 0.6 is 0 Å². The van der Waals surface area contributed by atoms with E-state index in [2.05, 4.69) is 16.9 Å². The average Bonchev–Trinajstić information content (AvgIpc) is 2.12. The first kappa shape index (κ1) is 2.55. The molecule has 0 amide bonds. The zero-order valence-electron chi connectivity index (χ0n) is 2.86. The van der Waals surface area contributed by atoms with Crippen molar-refractivity contribution in [3.63, 3.8) is 0 Å². The summed E-state index contributed by atoms with van der Waals surface area (Å²) in [5.41, 5.74) is 0. The Morgan fingerprint density at radius 3 is 2.20 bits per heavy atom. The Hall–Kier alpha value is -0.680. The summed E-state index contributed by atoms with van der Waals surface area (Å²) in [7, 11) is 1.56. The van der Waals surface area contributed by atoms with Crippen molar-refractivity contribution in [3.8, 4) is 12.1 Å². The molecule has 0 atom stereocenters. The molecular formula is C3H3NO. The zero-order chi connectivity index (χ0) is 3.70. The van der Waals surface area contributed by atoms with Crippen molar-refractivity contribution in [1.29, 1.82) is 0 Å². The molecule has 1 rings (SSSR count). The molecule has 0 radical (unpaired) electrons. The number of nitrogens with zero attached hydrogens (tertiary/aromatic N) is 1. The van der Waals surface area contributed by atoms with Gasteiger partial charge in [0.25, 0.3) is 0 Å². The molecule has 1 heterocycles. The SMILES string of the molecule is CON1C#C1. The third-order valence-electron chi connectivity index (χ3n) is 0.386. The van der Waals surface area contributed by atoms with Crippen LogP contribution in [0.1, 0.15) is 0 Å². The van der Waals surface area contributed by atoms with E-state index in [0.29, 0.717) is 0 Å². The Kier molecular flexibility index (Phi) is 0.322. The van der Waals surface area contributed by atoms with Crippen LogP contribution in [0.15, 0.2) is 0 Å². The van der Waals surface area contributed by atoms with Gasteiger partial charge in [0.15, 0.2) is 0 Å². The lowest BCUT2D eigenvalue weighted by Crippen LogP contribution is -1.91. The van der Waals surface area contributed by atoms with Gasteiger partial charge in [-0.1, -0.05) is 0 Å². The first-order chi connectivity index (χ1) is 2.43. The summed E-state index contributed by atoms with van der Waals surface area (Å²) in [5.74, 6) is 0. The number of hydroxylamine groups is 2. The van der Waals surface area contributed by atoms with Crippen molar-refractivity contribution in [2.45, 2.75) is 0 Å². The summed E-state index contributed by atoms with van der Waals surface area (Å²) in [4.78, 5) is 4.47. The largest absolute Gasteiger partial charge is 0.256 e. The second-order valence-corrected chi connectivity index (χ2v) is 0.701. The van der Waals surface area contributed by atoms with Gasteiger partial charge in [-0.05, 0) is 0 Å². The number of hydrogen-bond acceptors (Lipinski definition) is 2. The van der Waals surface area contributed by atoms with Gasteiger partial charge in [0.2, 0.25) is 0 Å². The Morgan fingerprint density at radius 1 is 1.60 bits per heavy atom. The van der Waals surface area contributed by atoms with Crippen LogP contribution in [-0.2, 0) is 4.84 Å². The van der Waals surface area contributed by atoms with Crippen LogP contribution in [0.5, 0.6) is 0 Å². The molecule has 1 aliphatic heterocycles. The molecule has 0 aromatic rings. The maximum Gasteiger partial charge on any atom is 0.0763 e. The Balaban J connectivity index is 2.08. The minimum Gasteiger partial charge on any atom is -0.256 e. The normalized spacial score (nSPS) is 13.4. The van der Waals surface area contributed by atoms with Crippen LogP contribution in [-0.4, -0.2) is 12.2 Å². The van der Waals surface area contributed by atoms with Gasteiger partial charge in [0, 0.05) is 0 Å². The zero-order valence-corrected chi connectivity index (χ0v) is 2.86. The maximum atomic E-state index is 4.47. The molecule has 5 heavy (non-hydrogen) atoms. The summed E-state index contributed by atoms with van der Waals surface area (Å²) in [5, 5.41) is 1.38. The third-order valence-corrected chi connectivity index (χ3v) is 0.386. The molecule has 0 spiro atoms. The Morgan fingerprint density at radius 2 is 2.20 bits per heavy atom. The van der Waals surface area contributed by atoms with Crippen LogP contribution in [0.3, 0.4) is 0 Å². The molecule has 0 aliphatic carbocycles. The van der Waals surface area contributed by atoms with Crippen molar-refractivity contribution in [2.75, 3.05) is 7.11 Å². The van der Waals surface area contributed by atoms with Gasteiger partial charge in [-0.15, -0.1) is 5.06 Å². The number of hydrogen-bond donors (Lipinski definition) is 0. The monoisotopic (exact) mass is 69.0 g/mol.